The van der Waals surface area contributed by atoms with Gasteiger partial charge in [-0.1, -0.05) is 27.2 Å². The van der Waals surface area contributed by atoms with Gasteiger partial charge in [0.25, 0.3) is 0 Å². The van der Waals surface area contributed by atoms with Crippen molar-refractivity contribution >= 4 is 0 Å². The van der Waals surface area contributed by atoms with E-state index in [2.05, 4.69) is 51.9 Å². The summed E-state index contributed by atoms with van der Waals surface area (Å²) in [5.41, 5.74) is 0.420. The fourth-order valence-electron chi connectivity index (χ4n) is 2.40. The van der Waals surface area contributed by atoms with Crippen LogP contribution in [0.5, 0.6) is 0 Å². The Labute approximate surface area is 96.4 Å². The van der Waals surface area contributed by atoms with Crippen LogP contribution >= 0.6 is 0 Å². The van der Waals surface area contributed by atoms with Crippen LogP contribution in [0.4, 0.5) is 0 Å². The van der Waals surface area contributed by atoms with Gasteiger partial charge in [-0.25, -0.2) is 0 Å². The first-order valence-corrected chi connectivity index (χ1v) is 6.37. The first kappa shape index (κ1) is 14.9. The van der Waals surface area contributed by atoms with Crippen LogP contribution in [-0.2, 0) is 0 Å². The van der Waals surface area contributed by atoms with E-state index in [1.807, 2.05) is 0 Å². The highest BCUT2D eigenvalue weighted by Crippen LogP contribution is 2.24. The zero-order valence-corrected chi connectivity index (χ0v) is 11.6. The van der Waals surface area contributed by atoms with E-state index in [0.29, 0.717) is 11.5 Å². The van der Waals surface area contributed by atoms with E-state index in [9.17, 15) is 0 Å². The van der Waals surface area contributed by atoms with Gasteiger partial charge in [-0.05, 0) is 39.3 Å². The van der Waals surface area contributed by atoms with Gasteiger partial charge >= 0.3 is 0 Å². The Morgan fingerprint density at radius 1 is 1.27 bits per heavy atom. The van der Waals surface area contributed by atoms with Crippen molar-refractivity contribution in [3.63, 3.8) is 0 Å². The minimum absolute atomic E-state index is 0.420. The fourth-order valence-corrected chi connectivity index (χ4v) is 2.40. The molecule has 15 heavy (non-hydrogen) atoms. The number of rotatable bonds is 8. The molecule has 0 spiro atoms. The molecule has 0 aliphatic rings. The van der Waals surface area contributed by atoms with Crippen molar-refractivity contribution in [1.29, 1.82) is 0 Å². The molecule has 0 saturated carbocycles. The van der Waals surface area contributed by atoms with Gasteiger partial charge in [0.1, 0.15) is 0 Å². The van der Waals surface area contributed by atoms with Crippen LogP contribution in [0.25, 0.3) is 0 Å². The van der Waals surface area contributed by atoms with Crippen molar-refractivity contribution in [2.75, 3.05) is 26.7 Å². The molecule has 1 N–H and O–H groups in total. The molecular weight excluding hydrogens is 184 g/mol. The van der Waals surface area contributed by atoms with Crippen molar-refractivity contribution in [2.24, 2.45) is 5.41 Å². The maximum atomic E-state index is 3.33. The molecule has 0 aromatic carbocycles. The van der Waals surface area contributed by atoms with E-state index in [1.165, 1.54) is 19.4 Å². The summed E-state index contributed by atoms with van der Waals surface area (Å²) in [6.45, 7) is 15.0. The molecule has 0 aromatic rings. The molecular formula is C13H30N2. The van der Waals surface area contributed by atoms with E-state index in [4.69, 9.17) is 0 Å². The molecule has 0 rings (SSSR count). The van der Waals surface area contributed by atoms with Gasteiger partial charge < -0.3 is 10.2 Å². The maximum Gasteiger partial charge on any atom is 0.00501 e. The molecule has 0 amide bonds. The lowest BCUT2D eigenvalue weighted by molar-refractivity contribution is 0.130. The largest absolute Gasteiger partial charge is 0.319 e. The molecule has 2 heteroatoms. The lowest BCUT2D eigenvalue weighted by Crippen LogP contribution is -2.44. The lowest BCUT2D eigenvalue weighted by atomic mass is 9.84. The highest BCUT2D eigenvalue weighted by atomic mass is 15.1. The summed E-state index contributed by atoms with van der Waals surface area (Å²) in [6, 6.07) is 0.656. The van der Waals surface area contributed by atoms with Crippen molar-refractivity contribution < 1.29 is 0 Å². The first-order valence-electron chi connectivity index (χ1n) is 6.37. The van der Waals surface area contributed by atoms with Gasteiger partial charge in [0, 0.05) is 19.1 Å². The molecule has 0 radical (unpaired) electrons. The molecule has 92 valence electrons. The first-order chi connectivity index (χ1) is 6.99. The summed E-state index contributed by atoms with van der Waals surface area (Å²) in [7, 11) is 2.06. The minimum atomic E-state index is 0.420. The fraction of sp³-hybridized carbons (Fsp3) is 1.00. The molecule has 0 aromatic heterocycles. The highest BCUT2D eigenvalue weighted by molar-refractivity contribution is 4.81. The van der Waals surface area contributed by atoms with Crippen LogP contribution in [-0.4, -0.2) is 37.6 Å². The van der Waals surface area contributed by atoms with Gasteiger partial charge in [0.2, 0.25) is 0 Å². The van der Waals surface area contributed by atoms with E-state index >= 15 is 0 Å². The lowest BCUT2D eigenvalue weighted by Gasteiger charge is -2.37. The van der Waals surface area contributed by atoms with Crippen LogP contribution in [0.3, 0.4) is 0 Å². The quantitative estimate of drug-likeness (QED) is 0.668. The second-order valence-corrected chi connectivity index (χ2v) is 5.25. The average Bonchev–Trinajstić information content (AvgIpc) is 2.14. The van der Waals surface area contributed by atoms with Crippen LogP contribution in [0.1, 0.15) is 47.5 Å². The molecule has 0 fully saturated rings. The van der Waals surface area contributed by atoms with Gasteiger partial charge in [0.15, 0.2) is 0 Å². The molecule has 0 saturated heterocycles. The number of hydrogen-bond acceptors (Lipinski definition) is 2. The molecule has 0 aliphatic heterocycles. The van der Waals surface area contributed by atoms with Crippen molar-refractivity contribution in [2.45, 2.75) is 53.5 Å². The van der Waals surface area contributed by atoms with Crippen LogP contribution in [0.2, 0.25) is 0 Å². The second kappa shape index (κ2) is 7.24. The van der Waals surface area contributed by atoms with Crippen molar-refractivity contribution in [3.05, 3.63) is 0 Å². The van der Waals surface area contributed by atoms with Crippen molar-refractivity contribution in [1.82, 2.24) is 10.2 Å². The average molecular weight is 214 g/mol. The normalized spacial score (nSPS) is 16.0. The standard InChI is InChI=1S/C13H30N2/c1-7-9-13(5,10-14-6)11-15(8-2)12(3)4/h12,14H,7-11H2,1-6H3. The summed E-state index contributed by atoms with van der Waals surface area (Å²) >= 11 is 0. The third-order valence-corrected chi connectivity index (χ3v) is 3.18. The predicted octanol–water partition coefficient (Wildman–Crippen LogP) is 2.74. The highest BCUT2D eigenvalue weighted by Gasteiger charge is 2.25. The number of hydrogen-bond donors (Lipinski definition) is 1. The minimum Gasteiger partial charge on any atom is -0.319 e. The summed E-state index contributed by atoms with van der Waals surface area (Å²) in [5.74, 6) is 0. The predicted molar refractivity (Wildman–Crippen MR) is 69.3 cm³/mol. The third-order valence-electron chi connectivity index (χ3n) is 3.18. The van der Waals surface area contributed by atoms with Crippen LogP contribution < -0.4 is 5.32 Å². The second-order valence-electron chi connectivity index (χ2n) is 5.25. The zero-order valence-electron chi connectivity index (χ0n) is 11.6. The van der Waals surface area contributed by atoms with E-state index in [-0.39, 0.29) is 0 Å². The molecule has 2 nitrogen and oxygen atoms in total. The molecule has 0 bridgehead atoms. The maximum absolute atomic E-state index is 3.33. The van der Waals surface area contributed by atoms with E-state index < -0.39 is 0 Å². The Balaban J connectivity index is 4.36. The Morgan fingerprint density at radius 3 is 2.20 bits per heavy atom. The Kier molecular flexibility index (Phi) is 7.20. The smallest absolute Gasteiger partial charge is 0.00501 e. The van der Waals surface area contributed by atoms with Gasteiger partial charge in [-0.2, -0.15) is 0 Å². The summed E-state index contributed by atoms with van der Waals surface area (Å²) in [6.07, 6.45) is 2.57. The molecule has 0 heterocycles. The Bertz CT molecular complexity index is 149. The van der Waals surface area contributed by atoms with E-state index in [0.717, 1.165) is 13.1 Å². The van der Waals surface area contributed by atoms with Crippen LogP contribution in [0.15, 0.2) is 0 Å². The topological polar surface area (TPSA) is 15.3 Å². The number of nitrogens with one attached hydrogen (secondary N) is 1. The van der Waals surface area contributed by atoms with Crippen LogP contribution in [0, 0.1) is 5.41 Å². The third kappa shape index (κ3) is 5.53. The summed E-state index contributed by atoms with van der Waals surface area (Å²) in [5, 5.41) is 3.33. The van der Waals surface area contributed by atoms with Gasteiger partial charge in [0.05, 0.1) is 0 Å². The SMILES string of the molecule is CCCC(C)(CNC)CN(CC)C(C)C. The Morgan fingerprint density at radius 2 is 1.87 bits per heavy atom. The molecule has 0 aliphatic carbocycles. The van der Waals surface area contributed by atoms with Gasteiger partial charge in [-0.15, -0.1) is 0 Å². The van der Waals surface area contributed by atoms with Gasteiger partial charge in [-0.3, -0.25) is 0 Å². The monoisotopic (exact) mass is 214 g/mol. The summed E-state index contributed by atoms with van der Waals surface area (Å²) < 4.78 is 0. The summed E-state index contributed by atoms with van der Waals surface area (Å²) in [4.78, 5) is 2.56. The number of nitrogens with zero attached hydrogens (tertiary/aromatic N) is 1. The van der Waals surface area contributed by atoms with E-state index in [1.54, 1.807) is 0 Å². The molecule has 1 atom stereocenters. The van der Waals surface area contributed by atoms with Crippen molar-refractivity contribution in [3.8, 4) is 0 Å². The molecule has 1 unspecified atom stereocenters. The zero-order chi connectivity index (χ0) is 11.9. The Hall–Kier alpha value is -0.0800.